The fraction of sp³-hybridized carbons (Fsp3) is 0.310. The van der Waals surface area contributed by atoms with Crippen LogP contribution >= 0.6 is 0 Å². The molecule has 0 radical (unpaired) electrons. The molecule has 0 spiro atoms. The van der Waals surface area contributed by atoms with Gasteiger partial charge >= 0.3 is 0 Å². The summed E-state index contributed by atoms with van der Waals surface area (Å²) in [6.45, 7) is 2.14. The molecule has 1 fully saturated rings. The van der Waals surface area contributed by atoms with Crippen LogP contribution in [0.15, 0.2) is 48.7 Å². The molecule has 0 bridgehead atoms. The molecule has 1 saturated heterocycles. The van der Waals surface area contributed by atoms with Crippen molar-refractivity contribution in [3.63, 3.8) is 0 Å². The number of hydrogen-bond acceptors (Lipinski definition) is 6. The lowest BCUT2D eigenvalue weighted by atomic mass is 10.0. The van der Waals surface area contributed by atoms with Crippen LogP contribution in [0.5, 0.6) is 5.75 Å². The molecular formula is C29H27F2N5O3. The van der Waals surface area contributed by atoms with E-state index in [-0.39, 0.29) is 0 Å². The van der Waals surface area contributed by atoms with Crippen LogP contribution in [0, 0.1) is 11.3 Å². The maximum Gasteiger partial charge on any atom is 0.268 e. The number of likely N-dealkylation sites (tertiary alicyclic amines) is 1. The molecule has 2 aliphatic heterocycles. The Labute approximate surface area is 224 Å². The number of pyridine rings is 1. The Bertz CT molecular complexity index is 1530. The predicted molar refractivity (Wildman–Crippen MR) is 144 cm³/mol. The van der Waals surface area contributed by atoms with Crippen molar-refractivity contribution in [3.05, 3.63) is 65.4 Å². The number of carbonyl (C=O) groups excluding carboxylic acids is 2. The number of anilines is 1. The molecule has 8 nitrogen and oxygen atoms in total. The maximum atomic E-state index is 13.7. The largest absolute Gasteiger partial charge is 0.490 e. The first-order chi connectivity index (χ1) is 18.6. The summed E-state index contributed by atoms with van der Waals surface area (Å²) in [7, 11) is 2.03. The molecule has 3 heterocycles. The van der Waals surface area contributed by atoms with Gasteiger partial charge in [0.2, 0.25) is 5.91 Å². The van der Waals surface area contributed by atoms with Crippen molar-refractivity contribution in [1.82, 2.24) is 15.2 Å². The summed E-state index contributed by atoms with van der Waals surface area (Å²) in [5, 5.41) is 12.2. The molecule has 200 valence electrons. The van der Waals surface area contributed by atoms with Crippen molar-refractivity contribution in [3.8, 4) is 11.8 Å². The van der Waals surface area contributed by atoms with E-state index in [1.54, 1.807) is 12.1 Å². The number of alkyl halides is 2. The van der Waals surface area contributed by atoms with E-state index in [2.05, 4.69) is 15.2 Å². The Kier molecular flexibility index (Phi) is 6.91. The van der Waals surface area contributed by atoms with Crippen LogP contribution in [0.4, 0.5) is 14.5 Å². The van der Waals surface area contributed by atoms with Gasteiger partial charge in [0.05, 0.1) is 42.5 Å². The quantitative estimate of drug-likeness (QED) is 0.498. The molecule has 1 N–H and O–H groups in total. The van der Waals surface area contributed by atoms with Gasteiger partial charge in [-0.3, -0.25) is 14.6 Å². The van der Waals surface area contributed by atoms with Crippen LogP contribution in [-0.2, 0) is 4.79 Å². The molecule has 2 aliphatic rings. The fourth-order valence-electron chi connectivity index (χ4n) is 4.94. The van der Waals surface area contributed by atoms with E-state index in [4.69, 9.17) is 10.00 Å². The predicted octanol–water partition coefficient (Wildman–Crippen LogP) is 4.11. The van der Waals surface area contributed by atoms with Crippen LogP contribution in [0.3, 0.4) is 0 Å². The molecular weight excluding hydrogens is 504 g/mol. The van der Waals surface area contributed by atoms with Gasteiger partial charge in [0.15, 0.2) is 0 Å². The molecule has 5 rings (SSSR count). The molecule has 1 unspecified atom stereocenters. The van der Waals surface area contributed by atoms with Crippen molar-refractivity contribution >= 4 is 40.1 Å². The maximum absolute atomic E-state index is 13.7. The molecule has 0 saturated carbocycles. The van der Waals surface area contributed by atoms with Crippen molar-refractivity contribution in [2.45, 2.75) is 25.3 Å². The number of amides is 2. The Morgan fingerprint density at radius 3 is 2.87 bits per heavy atom. The SMILES string of the molecule is C/C(=C\c1ccc2nccc(C(=O)NCC(=O)N3CC(F)(F)CC3C#N)c2c1)c1ccc2c(c1)OCCN2C. The van der Waals surface area contributed by atoms with Crippen LogP contribution < -0.4 is 15.0 Å². The monoisotopic (exact) mass is 531 g/mol. The van der Waals surface area contributed by atoms with Crippen molar-refractivity contribution in [1.29, 1.82) is 5.26 Å². The van der Waals surface area contributed by atoms with Crippen molar-refractivity contribution in [2.24, 2.45) is 0 Å². The highest BCUT2D eigenvalue weighted by Crippen LogP contribution is 2.34. The number of ether oxygens (including phenoxy) is 1. The fourth-order valence-corrected chi connectivity index (χ4v) is 4.94. The lowest BCUT2D eigenvalue weighted by molar-refractivity contribution is -0.131. The molecule has 0 aliphatic carbocycles. The van der Waals surface area contributed by atoms with E-state index in [0.717, 1.165) is 39.6 Å². The van der Waals surface area contributed by atoms with E-state index >= 15 is 0 Å². The zero-order chi connectivity index (χ0) is 27.7. The van der Waals surface area contributed by atoms with Gasteiger partial charge in [0, 0.05) is 25.1 Å². The summed E-state index contributed by atoms with van der Waals surface area (Å²) in [5.74, 6) is -3.55. The number of rotatable bonds is 5. The number of benzene rings is 2. The normalized spacial score (nSPS) is 18.3. The Morgan fingerprint density at radius 2 is 2.08 bits per heavy atom. The number of allylic oxidation sites excluding steroid dienone is 1. The number of nitrogens with one attached hydrogen (secondary N) is 1. The third-order valence-electron chi connectivity index (χ3n) is 7.04. The summed E-state index contributed by atoms with van der Waals surface area (Å²) in [4.78, 5) is 32.8. The average Bonchev–Trinajstić information content (AvgIpc) is 3.25. The highest BCUT2D eigenvalue weighted by Gasteiger charge is 2.47. The number of halogens is 2. The van der Waals surface area contributed by atoms with Gasteiger partial charge in [-0.05, 0) is 54.0 Å². The van der Waals surface area contributed by atoms with Gasteiger partial charge in [-0.1, -0.05) is 18.2 Å². The standard InChI is InChI=1S/C29H27F2N5O3/c1-18(20-4-6-25-26(13-20)39-10-9-35(25)2)11-19-3-5-24-23(12-19)22(7-8-33-24)28(38)34-16-27(37)36-17-29(30,31)14-21(36)15-32/h3-8,11-13,21H,9-10,14,16-17H2,1-2H3,(H,34,38)/b18-11+. The minimum atomic E-state index is -3.12. The number of carbonyl (C=O) groups is 2. The molecule has 2 amide bonds. The number of aromatic nitrogens is 1. The molecule has 1 aromatic heterocycles. The highest BCUT2D eigenvalue weighted by atomic mass is 19.3. The second-order valence-electron chi connectivity index (χ2n) is 9.82. The first-order valence-corrected chi connectivity index (χ1v) is 12.6. The first-order valence-electron chi connectivity index (χ1n) is 12.6. The lowest BCUT2D eigenvalue weighted by Gasteiger charge is -2.28. The molecule has 39 heavy (non-hydrogen) atoms. The van der Waals surface area contributed by atoms with Gasteiger partial charge in [0.1, 0.15) is 18.4 Å². The van der Waals surface area contributed by atoms with E-state index in [9.17, 15) is 18.4 Å². The molecule has 3 aromatic rings. The van der Waals surface area contributed by atoms with E-state index in [1.807, 2.05) is 56.4 Å². The second kappa shape index (κ2) is 10.3. The zero-order valence-corrected chi connectivity index (χ0v) is 21.6. The molecule has 10 heteroatoms. The van der Waals surface area contributed by atoms with E-state index in [1.165, 1.54) is 6.20 Å². The molecule has 1 atom stereocenters. The van der Waals surface area contributed by atoms with Crippen LogP contribution in [0.2, 0.25) is 0 Å². The number of nitrogens with zero attached hydrogens (tertiary/aromatic N) is 4. The topological polar surface area (TPSA) is 98.6 Å². The third kappa shape index (κ3) is 5.39. The second-order valence-corrected chi connectivity index (χ2v) is 9.82. The first kappa shape index (κ1) is 26.1. The zero-order valence-electron chi connectivity index (χ0n) is 21.6. The number of likely N-dealkylation sites (N-methyl/N-ethyl adjacent to an activating group) is 1. The van der Waals surface area contributed by atoms with Crippen molar-refractivity contribution in [2.75, 3.05) is 38.2 Å². The van der Waals surface area contributed by atoms with Gasteiger partial charge in [-0.15, -0.1) is 0 Å². The smallest absolute Gasteiger partial charge is 0.268 e. The van der Waals surface area contributed by atoms with E-state index in [0.29, 0.717) is 23.1 Å². The highest BCUT2D eigenvalue weighted by molar-refractivity contribution is 6.07. The van der Waals surface area contributed by atoms with Gasteiger partial charge in [-0.25, -0.2) is 8.78 Å². The Hall–Kier alpha value is -4.52. The summed E-state index contributed by atoms with van der Waals surface area (Å²) < 4.78 is 33.2. The summed E-state index contributed by atoms with van der Waals surface area (Å²) in [6, 6.07) is 13.7. The summed E-state index contributed by atoms with van der Waals surface area (Å²) in [6.07, 6.45) is 2.79. The van der Waals surface area contributed by atoms with Gasteiger partial charge in [-0.2, -0.15) is 5.26 Å². The van der Waals surface area contributed by atoms with E-state index < -0.39 is 43.3 Å². The lowest BCUT2D eigenvalue weighted by Crippen LogP contribution is -2.43. The summed E-state index contributed by atoms with van der Waals surface area (Å²) >= 11 is 0. The van der Waals surface area contributed by atoms with Gasteiger partial charge in [0.25, 0.3) is 11.8 Å². The minimum absolute atomic E-state index is 0.300. The number of hydrogen-bond donors (Lipinski definition) is 1. The minimum Gasteiger partial charge on any atom is -0.490 e. The Morgan fingerprint density at radius 1 is 1.26 bits per heavy atom. The Balaban J connectivity index is 1.35. The van der Waals surface area contributed by atoms with Crippen LogP contribution in [-0.4, -0.2) is 67.0 Å². The van der Waals surface area contributed by atoms with Crippen LogP contribution in [0.1, 0.15) is 34.8 Å². The number of fused-ring (bicyclic) bond motifs is 2. The third-order valence-corrected chi connectivity index (χ3v) is 7.04. The van der Waals surface area contributed by atoms with Crippen molar-refractivity contribution < 1.29 is 23.1 Å². The summed E-state index contributed by atoms with van der Waals surface area (Å²) in [5.41, 5.74) is 4.81. The number of nitriles is 1. The molecule has 2 aromatic carbocycles. The van der Waals surface area contributed by atoms with Gasteiger partial charge < -0.3 is 19.9 Å². The average molecular weight is 532 g/mol. The van der Waals surface area contributed by atoms with Crippen LogP contribution in [0.25, 0.3) is 22.6 Å².